The van der Waals surface area contributed by atoms with Crippen LogP contribution in [0.25, 0.3) is 5.69 Å². The van der Waals surface area contributed by atoms with Gasteiger partial charge < -0.3 is 16.4 Å². The Morgan fingerprint density at radius 1 is 1.08 bits per heavy atom. The number of benzene rings is 1. The van der Waals surface area contributed by atoms with E-state index in [-0.39, 0.29) is 23.6 Å². The van der Waals surface area contributed by atoms with Gasteiger partial charge in [-0.25, -0.2) is 9.59 Å². The van der Waals surface area contributed by atoms with E-state index in [1.807, 2.05) is 24.3 Å². The molecule has 1 aromatic carbocycles. The van der Waals surface area contributed by atoms with Gasteiger partial charge in [0, 0.05) is 38.3 Å². The van der Waals surface area contributed by atoms with Gasteiger partial charge in [0.05, 0.1) is 11.2 Å². The van der Waals surface area contributed by atoms with E-state index in [1.54, 1.807) is 31.0 Å². The summed E-state index contributed by atoms with van der Waals surface area (Å²) in [6.45, 7) is 8.00. The Kier molecular flexibility index (Phi) is 7.87. The second-order valence-electron chi connectivity index (χ2n) is 10.5. The first-order valence-electron chi connectivity index (χ1n) is 12.6. The van der Waals surface area contributed by atoms with Gasteiger partial charge in [-0.1, -0.05) is 12.1 Å². The maximum atomic E-state index is 12.7. The third-order valence-corrected chi connectivity index (χ3v) is 7.15. The van der Waals surface area contributed by atoms with Crippen LogP contribution in [-0.2, 0) is 11.3 Å². The molecule has 2 saturated heterocycles. The zero-order valence-corrected chi connectivity index (χ0v) is 21.2. The highest BCUT2D eigenvalue weighted by Gasteiger charge is 2.33. The Bertz CT molecular complexity index is 1130. The van der Waals surface area contributed by atoms with Crippen molar-refractivity contribution in [3.8, 4) is 5.69 Å². The van der Waals surface area contributed by atoms with Gasteiger partial charge in [0.15, 0.2) is 5.78 Å². The van der Waals surface area contributed by atoms with E-state index in [4.69, 9.17) is 11.5 Å². The zero-order valence-electron chi connectivity index (χ0n) is 21.2. The molecular formula is C26H37N7O3. The molecule has 4 rings (SSSR count). The Morgan fingerprint density at radius 3 is 2.36 bits per heavy atom. The van der Waals surface area contributed by atoms with Crippen LogP contribution in [0.1, 0.15) is 38.7 Å². The highest BCUT2D eigenvalue weighted by atomic mass is 16.2. The van der Waals surface area contributed by atoms with E-state index in [1.165, 1.54) is 10.1 Å². The number of carbonyl (C=O) groups excluding carboxylic acids is 2. The molecule has 0 aliphatic carbocycles. The summed E-state index contributed by atoms with van der Waals surface area (Å²) in [5, 5.41) is 2.70. The molecule has 36 heavy (non-hydrogen) atoms. The minimum atomic E-state index is -0.870. The molecule has 5 N–H and O–H groups in total. The van der Waals surface area contributed by atoms with Crippen molar-refractivity contribution in [3.05, 3.63) is 52.6 Å². The Hall–Kier alpha value is -3.08. The predicted molar refractivity (Wildman–Crippen MR) is 139 cm³/mol. The molecule has 10 nitrogen and oxygen atoms in total. The summed E-state index contributed by atoms with van der Waals surface area (Å²) in [4.78, 5) is 45.8. The summed E-state index contributed by atoms with van der Waals surface area (Å²) in [5.41, 5.74) is 12.3. The number of hydrogen-bond donors (Lipinski definition) is 3. The fourth-order valence-electron chi connectivity index (χ4n) is 5.00. The standard InChI is InChI=1S/C26H37N7O3/c1-26(2,28)23(34)20-8-12-32(13-9-20)24(35)29-22-10-14-33(25(36)30-22)21-5-3-18(4-6-21)16-31-11-7-19(15-27)17-31/h3-6,10,14,19-20H,7-9,11-13,15-17,27-28H2,1-2H3,(H,29,30,35,36)/t19-/m0/s1. The summed E-state index contributed by atoms with van der Waals surface area (Å²) >= 11 is 0. The highest BCUT2D eigenvalue weighted by Crippen LogP contribution is 2.23. The van der Waals surface area contributed by atoms with Crippen LogP contribution in [-0.4, -0.2) is 69.4 Å². The number of piperidine rings is 1. The summed E-state index contributed by atoms with van der Waals surface area (Å²) in [6, 6.07) is 9.13. The van der Waals surface area contributed by atoms with Gasteiger partial charge in [-0.3, -0.25) is 19.6 Å². The number of rotatable bonds is 7. The van der Waals surface area contributed by atoms with E-state index in [2.05, 4.69) is 15.2 Å². The molecule has 10 heteroatoms. The van der Waals surface area contributed by atoms with Crippen molar-refractivity contribution in [1.29, 1.82) is 0 Å². The third kappa shape index (κ3) is 6.18. The molecule has 0 saturated carbocycles. The lowest BCUT2D eigenvalue weighted by Gasteiger charge is -2.33. The summed E-state index contributed by atoms with van der Waals surface area (Å²) in [7, 11) is 0. The number of anilines is 1. The number of Topliss-reactive ketones (excluding diaryl/α,β-unsaturated/α-hetero) is 1. The SMILES string of the molecule is CC(C)(N)C(=O)C1CCN(C(=O)Nc2ccn(-c3ccc(CN4CC[C@@H](CN)C4)cc3)c(=O)n2)CC1. The summed E-state index contributed by atoms with van der Waals surface area (Å²) < 4.78 is 1.45. The van der Waals surface area contributed by atoms with Crippen molar-refractivity contribution < 1.29 is 9.59 Å². The molecule has 2 amide bonds. The second kappa shape index (κ2) is 10.9. The van der Waals surface area contributed by atoms with Gasteiger partial charge in [-0.05, 0) is 75.9 Å². The number of nitrogens with zero attached hydrogens (tertiary/aromatic N) is 4. The van der Waals surface area contributed by atoms with Crippen LogP contribution >= 0.6 is 0 Å². The average Bonchev–Trinajstić information content (AvgIpc) is 3.31. The number of hydrogen-bond acceptors (Lipinski definition) is 7. The number of urea groups is 1. The number of ketones is 1. The molecule has 2 aliphatic heterocycles. The number of nitrogens with two attached hydrogens (primary N) is 2. The van der Waals surface area contributed by atoms with E-state index < -0.39 is 11.2 Å². The lowest BCUT2D eigenvalue weighted by atomic mass is 9.84. The van der Waals surface area contributed by atoms with Gasteiger partial charge in [-0.2, -0.15) is 4.98 Å². The smallest absolute Gasteiger partial charge is 0.330 e. The normalized spacial score (nSPS) is 19.4. The largest absolute Gasteiger partial charge is 0.354 e. The number of nitrogens with one attached hydrogen (secondary N) is 1. The van der Waals surface area contributed by atoms with E-state index in [9.17, 15) is 14.4 Å². The number of aromatic nitrogens is 2. The molecule has 1 atom stereocenters. The van der Waals surface area contributed by atoms with Crippen LogP contribution in [0.15, 0.2) is 41.3 Å². The number of likely N-dealkylation sites (tertiary alicyclic amines) is 2. The van der Waals surface area contributed by atoms with Gasteiger partial charge in [0.25, 0.3) is 0 Å². The van der Waals surface area contributed by atoms with E-state index in [0.717, 1.165) is 32.6 Å². The van der Waals surface area contributed by atoms with Gasteiger partial charge >= 0.3 is 11.7 Å². The van der Waals surface area contributed by atoms with Crippen molar-refractivity contribution >= 4 is 17.6 Å². The lowest BCUT2D eigenvalue weighted by Crippen LogP contribution is -2.49. The first-order chi connectivity index (χ1) is 17.1. The fraction of sp³-hybridized carbons (Fsp3) is 0.538. The first-order valence-corrected chi connectivity index (χ1v) is 12.6. The Morgan fingerprint density at radius 2 is 1.78 bits per heavy atom. The van der Waals surface area contributed by atoms with Gasteiger partial charge in [0.1, 0.15) is 5.82 Å². The zero-order chi connectivity index (χ0) is 25.9. The molecule has 0 spiro atoms. The lowest BCUT2D eigenvalue weighted by molar-refractivity contribution is -0.128. The van der Waals surface area contributed by atoms with Gasteiger partial charge in [-0.15, -0.1) is 0 Å². The monoisotopic (exact) mass is 495 g/mol. The van der Waals surface area contributed by atoms with Crippen LogP contribution < -0.4 is 22.5 Å². The highest BCUT2D eigenvalue weighted by molar-refractivity contribution is 5.90. The average molecular weight is 496 g/mol. The maximum Gasteiger partial charge on any atom is 0.354 e. The minimum absolute atomic E-state index is 0.0251. The van der Waals surface area contributed by atoms with Gasteiger partial charge in [0.2, 0.25) is 0 Å². The Balaban J connectivity index is 1.32. The Labute approximate surface area is 211 Å². The fourth-order valence-corrected chi connectivity index (χ4v) is 5.00. The summed E-state index contributed by atoms with van der Waals surface area (Å²) in [6.07, 6.45) is 3.90. The topological polar surface area (TPSA) is 140 Å². The molecular weight excluding hydrogens is 458 g/mol. The first kappa shape index (κ1) is 26.0. The van der Waals surface area contributed by atoms with Crippen molar-refractivity contribution in [3.63, 3.8) is 0 Å². The molecule has 2 aliphatic rings. The molecule has 0 unspecified atom stereocenters. The van der Waals surface area contributed by atoms with Crippen molar-refractivity contribution in [2.24, 2.45) is 23.3 Å². The van der Waals surface area contributed by atoms with Crippen molar-refractivity contribution in [2.75, 3.05) is 38.0 Å². The second-order valence-corrected chi connectivity index (χ2v) is 10.5. The predicted octanol–water partition coefficient (Wildman–Crippen LogP) is 1.56. The molecule has 1 aromatic heterocycles. The van der Waals surface area contributed by atoms with E-state index in [0.29, 0.717) is 37.5 Å². The van der Waals surface area contributed by atoms with Crippen LogP contribution in [0.4, 0.5) is 10.6 Å². The van der Waals surface area contributed by atoms with Crippen LogP contribution in [0.5, 0.6) is 0 Å². The number of carbonyl (C=O) groups is 2. The molecule has 3 heterocycles. The molecule has 194 valence electrons. The van der Waals surface area contributed by atoms with Crippen LogP contribution in [0.3, 0.4) is 0 Å². The maximum absolute atomic E-state index is 12.7. The third-order valence-electron chi connectivity index (χ3n) is 7.15. The van der Waals surface area contributed by atoms with Crippen molar-refractivity contribution in [1.82, 2.24) is 19.4 Å². The molecule has 0 bridgehead atoms. The molecule has 2 aromatic rings. The van der Waals surface area contributed by atoms with Crippen molar-refractivity contribution in [2.45, 2.75) is 45.2 Å². The summed E-state index contributed by atoms with van der Waals surface area (Å²) in [5.74, 6) is 0.660. The van der Waals surface area contributed by atoms with Crippen LogP contribution in [0.2, 0.25) is 0 Å². The minimum Gasteiger partial charge on any atom is -0.330 e. The molecule has 0 radical (unpaired) electrons. The quantitative estimate of drug-likeness (QED) is 0.530. The van der Waals surface area contributed by atoms with E-state index >= 15 is 0 Å². The molecule has 2 fully saturated rings. The van der Waals surface area contributed by atoms with Crippen LogP contribution in [0, 0.1) is 11.8 Å². The number of amides is 2.